The monoisotopic (exact) mass is 432 g/mol. The minimum atomic E-state index is -0.281. The molecule has 3 rings (SSSR count). The molecule has 0 spiro atoms. The molecule has 0 radical (unpaired) electrons. The molecule has 0 fully saturated rings. The van der Waals surface area contributed by atoms with Gasteiger partial charge in [0.15, 0.2) is 16.3 Å². The van der Waals surface area contributed by atoms with Crippen molar-refractivity contribution < 1.29 is 19.0 Å². The summed E-state index contributed by atoms with van der Waals surface area (Å²) >= 11 is 3.21. The maximum Gasteiger partial charge on any atom is 0.279 e. The molecule has 3 aromatic rings. The molecule has 8 heteroatoms. The Morgan fingerprint density at radius 2 is 1.83 bits per heavy atom. The van der Waals surface area contributed by atoms with E-state index >= 15 is 0 Å². The minimum absolute atomic E-state index is 0.281. The van der Waals surface area contributed by atoms with E-state index < -0.39 is 0 Å². The second-order valence-electron chi connectivity index (χ2n) is 6.08. The van der Waals surface area contributed by atoms with Gasteiger partial charge in [-0.25, -0.2) is 0 Å². The standard InChI is InChI=1S/C21H24N2O4S2/c1-5-27-15-8-6-14(7-9-15)20(24)22-21-23(10-11-28-4)16-12-17(25-2)18(26-3)13-19(16)29-21/h6-9,12-13H,5,10-11H2,1-4H3. The number of ether oxygens (including phenoxy) is 3. The number of hydrogen-bond acceptors (Lipinski definition) is 6. The van der Waals surface area contributed by atoms with Gasteiger partial charge in [0.2, 0.25) is 0 Å². The highest BCUT2D eigenvalue weighted by Crippen LogP contribution is 2.33. The van der Waals surface area contributed by atoms with Crippen LogP contribution in [0.2, 0.25) is 0 Å². The van der Waals surface area contributed by atoms with E-state index in [1.54, 1.807) is 50.2 Å². The Labute approximate surface area is 178 Å². The number of benzene rings is 2. The maximum atomic E-state index is 12.8. The third-order valence-corrected chi connectivity index (χ3v) is 5.95. The van der Waals surface area contributed by atoms with Crippen molar-refractivity contribution in [1.29, 1.82) is 0 Å². The summed E-state index contributed by atoms with van der Waals surface area (Å²) in [4.78, 5) is 17.8. The van der Waals surface area contributed by atoms with Crippen LogP contribution in [0.5, 0.6) is 17.2 Å². The molecule has 0 aliphatic heterocycles. The highest BCUT2D eigenvalue weighted by atomic mass is 32.2. The molecular weight excluding hydrogens is 408 g/mol. The Morgan fingerprint density at radius 1 is 1.14 bits per heavy atom. The van der Waals surface area contributed by atoms with Gasteiger partial charge in [0.25, 0.3) is 5.91 Å². The summed E-state index contributed by atoms with van der Waals surface area (Å²) in [6, 6.07) is 10.9. The number of fused-ring (bicyclic) bond motifs is 1. The zero-order valence-electron chi connectivity index (χ0n) is 16.9. The fourth-order valence-electron chi connectivity index (χ4n) is 2.89. The molecule has 1 amide bonds. The lowest BCUT2D eigenvalue weighted by atomic mass is 10.2. The molecule has 1 heterocycles. The smallest absolute Gasteiger partial charge is 0.279 e. The molecule has 29 heavy (non-hydrogen) atoms. The first-order valence-corrected chi connectivity index (χ1v) is 11.4. The van der Waals surface area contributed by atoms with E-state index in [2.05, 4.69) is 15.8 Å². The number of hydrogen-bond donors (Lipinski definition) is 0. The predicted molar refractivity (Wildman–Crippen MR) is 119 cm³/mol. The van der Waals surface area contributed by atoms with E-state index in [4.69, 9.17) is 14.2 Å². The average molecular weight is 433 g/mol. The van der Waals surface area contributed by atoms with Gasteiger partial charge in [-0.1, -0.05) is 11.3 Å². The largest absolute Gasteiger partial charge is 0.494 e. The topological polar surface area (TPSA) is 62.1 Å². The Bertz CT molecular complexity index is 1050. The van der Waals surface area contributed by atoms with Gasteiger partial charge in [-0.15, -0.1) is 0 Å². The first-order chi connectivity index (χ1) is 14.1. The van der Waals surface area contributed by atoms with E-state index in [9.17, 15) is 4.79 Å². The molecule has 0 bridgehead atoms. The minimum Gasteiger partial charge on any atom is -0.494 e. The number of methoxy groups -OCH3 is 2. The molecule has 0 atom stereocenters. The molecule has 0 saturated carbocycles. The van der Waals surface area contributed by atoms with Crippen molar-refractivity contribution in [3.8, 4) is 17.2 Å². The molecule has 0 aliphatic carbocycles. The van der Waals surface area contributed by atoms with E-state index in [1.807, 2.05) is 19.1 Å². The molecule has 0 aliphatic rings. The number of rotatable bonds is 8. The van der Waals surface area contributed by atoms with Gasteiger partial charge in [0.1, 0.15) is 5.75 Å². The first kappa shape index (κ1) is 21.3. The summed E-state index contributed by atoms with van der Waals surface area (Å²) in [5.41, 5.74) is 1.50. The van der Waals surface area contributed by atoms with Crippen molar-refractivity contribution in [2.24, 2.45) is 4.99 Å². The number of thioether (sulfide) groups is 1. The highest BCUT2D eigenvalue weighted by molar-refractivity contribution is 7.98. The molecule has 1 aromatic heterocycles. The van der Waals surface area contributed by atoms with Crippen LogP contribution in [0.3, 0.4) is 0 Å². The second-order valence-corrected chi connectivity index (χ2v) is 8.07. The molecule has 154 valence electrons. The van der Waals surface area contributed by atoms with Crippen LogP contribution in [-0.4, -0.2) is 43.3 Å². The van der Waals surface area contributed by atoms with Crippen molar-refractivity contribution in [1.82, 2.24) is 4.57 Å². The van der Waals surface area contributed by atoms with Crippen molar-refractivity contribution in [2.75, 3.05) is 32.8 Å². The summed E-state index contributed by atoms with van der Waals surface area (Å²) in [5.74, 6) is 2.67. The van der Waals surface area contributed by atoms with Crippen LogP contribution in [0.4, 0.5) is 0 Å². The number of thiazole rings is 1. The molecule has 0 unspecified atom stereocenters. The summed E-state index contributed by atoms with van der Waals surface area (Å²) in [6.07, 6.45) is 2.06. The van der Waals surface area contributed by atoms with Gasteiger partial charge < -0.3 is 18.8 Å². The Kier molecular flexibility index (Phi) is 7.22. The van der Waals surface area contributed by atoms with Gasteiger partial charge in [-0.2, -0.15) is 16.8 Å². The molecule has 6 nitrogen and oxygen atoms in total. The number of nitrogens with zero attached hydrogens (tertiary/aromatic N) is 2. The van der Waals surface area contributed by atoms with Crippen LogP contribution in [0.15, 0.2) is 41.4 Å². The van der Waals surface area contributed by atoms with Crippen LogP contribution in [-0.2, 0) is 6.54 Å². The zero-order chi connectivity index (χ0) is 20.8. The van der Waals surface area contributed by atoms with Crippen molar-refractivity contribution in [3.63, 3.8) is 0 Å². The van der Waals surface area contributed by atoms with Crippen LogP contribution in [0, 0.1) is 0 Å². The SMILES string of the molecule is CCOc1ccc(C(=O)N=c2sc3cc(OC)c(OC)cc3n2CCSC)cc1. The summed E-state index contributed by atoms with van der Waals surface area (Å²) in [6.45, 7) is 3.25. The third kappa shape index (κ3) is 4.76. The Balaban J connectivity index is 2.07. The fraction of sp³-hybridized carbons (Fsp3) is 0.333. The number of aryl methyl sites for hydroxylation is 1. The van der Waals surface area contributed by atoms with E-state index in [-0.39, 0.29) is 5.91 Å². The average Bonchev–Trinajstić information content (AvgIpc) is 3.07. The van der Waals surface area contributed by atoms with Crippen LogP contribution in [0.1, 0.15) is 17.3 Å². The first-order valence-electron chi connectivity index (χ1n) is 9.17. The van der Waals surface area contributed by atoms with Gasteiger partial charge >= 0.3 is 0 Å². The lowest BCUT2D eigenvalue weighted by Crippen LogP contribution is -2.18. The lowest BCUT2D eigenvalue weighted by Gasteiger charge is -2.09. The van der Waals surface area contributed by atoms with Gasteiger partial charge in [0, 0.05) is 30.0 Å². The van der Waals surface area contributed by atoms with Gasteiger partial charge in [-0.05, 0) is 37.4 Å². The number of amides is 1. The second kappa shape index (κ2) is 9.84. The van der Waals surface area contributed by atoms with E-state index in [0.717, 1.165) is 28.3 Å². The van der Waals surface area contributed by atoms with E-state index in [1.165, 1.54) is 11.3 Å². The summed E-state index contributed by atoms with van der Waals surface area (Å²) in [5, 5.41) is 0. The predicted octanol–water partition coefficient (Wildman–Crippen LogP) is 4.22. The zero-order valence-corrected chi connectivity index (χ0v) is 18.6. The van der Waals surface area contributed by atoms with Gasteiger partial charge in [-0.3, -0.25) is 4.79 Å². The third-order valence-electron chi connectivity index (χ3n) is 4.32. The summed E-state index contributed by atoms with van der Waals surface area (Å²) < 4.78 is 19.3. The van der Waals surface area contributed by atoms with Gasteiger partial charge in [0.05, 0.1) is 31.0 Å². The number of aromatic nitrogens is 1. The van der Waals surface area contributed by atoms with Crippen molar-refractivity contribution in [3.05, 3.63) is 46.8 Å². The number of carbonyl (C=O) groups is 1. The lowest BCUT2D eigenvalue weighted by molar-refractivity contribution is 0.0998. The normalized spacial score (nSPS) is 11.7. The molecule has 0 N–H and O–H groups in total. The van der Waals surface area contributed by atoms with Crippen LogP contribution >= 0.6 is 23.1 Å². The maximum absolute atomic E-state index is 12.8. The fourth-order valence-corrected chi connectivity index (χ4v) is 4.32. The van der Waals surface area contributed by atoms with Crippen molar-refractivity contribution >= 4 is 39.2 Å². The molecular formula is C21H24N2O4S2. The van der Waals surface area contributed by atoms with E-state index in [0.29, 0.717) is 28.5 Å². The Hall–Kier alpha value is -2.45. The Morgan fingerprint density at radius 3 is 2.45 bits per heavy atom. The highest BCUT2D eigenvalue weighted by Gasteiger charge is 2.14. The quantitative estimate of drug-likeness (QED) is 0.533. The van der Waals surface area contributed by atoms with Crippen LogP contribution < -0.4 is 19.0 Å². The number of carbonyl (C=O) groups excluding carboxylic acids is 1. The molecule has 0 saturated heterocycles. The van der Waals surface area contributed by atoms with Crippen molar-refractivity contribution in [2.45, 2.75) is 13.5 Å². The molecule has 2 aromatic carbocycles. The summed E-state index contributed by atoms with van der Waals surface area (Å²) in [7, 11) is 3.23. The van der Waals surface area contributed by atoms with Crippen LogP contribution in [0.25, 0.3) is 10.2 Å².